The molecule has 7 nitrogen and oxygen atoms in total. The first-order chi connectivity index (χ1) is 11.2. The van der Waals surface area contributed by atoms with Crippen LogP contribution in [0.4, 0.5) is 0 Å². The maximum absolute atomic E-state index is 11.6. The van der Waals surface area contributed by atoms with E-state index in [4.69, 9.17) is 13.8 Å². The second-order valence-corrected chi connectivity index (χ2v) is 7.85. The topological polar surface area (TPSA) is 82.1 Å². The number of benzene rings is 1. The highest BCUT2D eigenvalue weighted by atomic mass is 31.2. The Balaban J connectivity index is 2.13. The van der Waals surface area contributed by atoms with E-state index in [1.54, 1.807) is 0 Å². The molecule has 136 valence electrons. The van der Waals surface area contributed by atoms with E-state index >= 15 is 0 Å². The van der Waals surface area contributed by atoms with E-state index in [9.17, 15) is 14.3 Å². The molecule has 1 aromatic rings. The fourth-order valence-electron chi connectivity index (χ4n) is 1.67. The number of esters is 1. The van der Waals surface area contributed by atoms with Gasteiger partial charge in [0.25, 0.3) is 0 Å². The zero-order chi connectivity index (χ0) is 18.1. The van der Waals surface area contributed by atoms with Crippen molar-refractivity contribution in [3.05, 3.63) is 35.9 Å². The van der Waals surface area contributed by atoms with Gasteiger partial charge in [-0.1, -0.05) is 30.3 Å². The van der Waals surface area contributed by atoms with Crippen molar-refractivity contribution in [1.29, 1.82) is 0 Å². The lowest BCUT2D eigenvalue weighted by molar-refractivity contribution is -0.870. The predicted octanol–water partition coefficient (Wildman–Crippen LogP) is 2.35. The van der Waals surface area contributed by atoms with Gasteiger partial charge in [0.1, 0.15) is 19.8 Å². The molecular formula is C16H27NO6P+. The van der Waals surface area contributed by atoms with Crippen LogP contribution >= 0.6 is 7.82 Å². The van der Waals surface area contributed by atoms with E-state index in [0.29, 0.717) is 11.0 Å². The molecule has 0 heterocycles. The third-order valence-corrected chi connectivity index (χ3v) is 4.06. The zero-order valence-electron chi connectivity index (χ0n) is 14.5. The van der Waals surface area contributed by atoms with E-state index in [2.05, 4.69) is 0 Å². The maximum Gasteiger partial charge on any atom is 0.472 e. The molecule has 0 bridgehead atoms. The predicted molar refractivity (Wildman–Crippen MR) is 90.1 cm³/mol. The molecule has 0 aliphatic carbocycles. The monoisotopic (exact) mass is 360 g/mol. The molecule has 0 saturated carbocycles. The van der Waals surface area contributed by atoms with Crippen molar-refractivity contribution in [2.75, 3.05) is 40.9 Å². The summed E-state index contributed by atoms with van der Waals surface area (Å²) in [5, 5.41) is 0. The number of phosphoric ester groups is 1. The van der Waals surface area contributed by atoms with E-state index in [-0.39, 0.29) is 38.6 Å². The second-order valence-electron chi connectivity index (χ2n) is 6.40. The third kappa shape index (κ3) is 10.5. The summed E-state index contributed by atoms with van der Waals surface area (Å²) in [6.45, 7) is 0.877. The van der Waals surface area contributed by atoms with E-state index < -0.39 is 7.82 Å². The average molecular weight is 360 g/mol. The number of hydrogen-bond acceptors (Lipinski definition) is 5. The smallest absolute Gasteiger partial charge is 0.461 e. The molecule has 1 rings (SSSR count). The van der Waals surface area contributed by atoms with Gasteiger partial charge in [-0.2, -0.15) is 0 Å². The minimum Gasteiger partial charge on any atom is -0.461 e. The van der Waals surface area contributed by atoms with Crippen molar-refractivity contribution in [3.8, 4) is 0 Å². The van der Waals surface area contributed by atoms with Crippen LogP contribution in [0.5, 0.6) is 0 Å². The van der Waals surface area contributed by atoms with Crippen molar-refractivity contribution < 1.29 is 32.5 Å². The summed E-state index contributed by atoms with van der Waals surface area (Å²) in [4.78, 5) is 21.1. The Morgan fingerprint density at radius 2 is 1.75 bits per heavy atom. The van der Waals surface area contributed by atoms with Crippen molar-refractivity contribution in [2.45, 2.75) is 19.4 Å². The number of carbonyl (C=O) groups excluding carboxylic acids is 1. The molecule has 8 heteroatoms. The Hall–Kier alpha value is -1.24. The first-order valence-corrected chi connectivity index (χ1v) is 9.29. The van der Waals surface area contributed by atoms with Gasteiger partial charge >= 0.3 is 13.8 Å². The molecule has 0 saturated heterocycles. The highest BCUT2D eigenvalue weighted by Gasteiger charge is 2.22. The summed E-state index contributed by atoms with van der Waals surface area (Å²) in [5.41, 5.74) is 0.910. The van der Waals surface area contributed by atoms with Crippen LogP contribution in [-0.2, 0) is 29.8 Å². The summed E-state index contributed by atoms with van der Waals surface area (Å²) in [7, 11) is 1.79. The van der Waals surface area contributed by atoms with Crippen LogP contribution in [0.3, 0.4) is 0 Å². The van der Waals surface area contributed by atoms with Gasteiger partial charge in [-0.15, -0.1) is 0 Å². The molecule has 24 heavy (non-hydrogen) atoms. The lowest BCUT2D eigenvalue weighted by Gasteiger charge is -2.24. The highest BCUT2D eigenvalue weighted by molar-refractivity contribution is 7.47. The number of phosphoric acid groups is 1. The Morgan fingerprint density at radius 3 is 2.38 bits per heavy atom. The SMILES string of the molecule is C[N+](C)(C)CCOP(=O)(O)OCCCC(=O)OCc1ccccc1. The van der Waals surface area contributed by atoms with Gasteiger partial charge in [-0.25, -0.2) is 4.57 Å². The number of nitrogens with zero attached hydrogens (tertiary/aromatic N) is 1. The maximum atomic E-state index is 11.6. The summed E-state index contributed by atoms with van der Waals surface area (Å²) in [5.74, 6) is -0.374. The molecule has 1 atom stereocenters. The molecule has 0 radical (unpaired) electrons. The third-order valence-electron chi connectivity index (χ3n) is 3.04. The lowest BCUT2D eigenvalue weighted by atomic mass is 10.2. The van der Waals surface area contributed by atoms with Gasteiger partial charge in [0.15, 0.2) is 0 Å². The number of hydrogen-bond donors (Lipinski definition) is 1. The first kappa shape index (κ1) is 20.8. The van der Waals surface area contributed by atoms with Crippen molar-refractivity contribution in [3.63, 3.8) is 0 Å². The van der Waals surface area contributed by atoms with Gasteiger partial charge in [0.2, 0.25) is 0 Å². The molecule has 1 N–H and O–H groups in total. The minimum atomic E-state index is -4.06. The average Bonchev–Trinajstić information content (AvgIpc) is 2.49. The first-order valence-electron chi connectivity index (χ1n) is 7.80. The van der Waals surface area contributed by atoms with Gasteiger partial charge in [-0.05, 0) is 12.0 Å². The Morgan fingerprint density at radius 1 is 1.12 bits per heavy atom. The van der Waals surface area contributed by atoms with Crippen LogP contribution < -0.4 is 0 Å². The fourth-order valence-corrected chi connectivity index (χ4v) is 2.42. The Kier molecular flexibility index (Phi) is 8.59. The van der Waals surface area contributed by atoms with E-state index in [1.165, 1.54) is 0 Å². The van der Waals surface area contributed by atoms with Crippen molar-refractivity contribution in [2.24, 2.45) is 0 Å². The van der Waals surface area contributed by atoms with Crippen LogP contribution in [0.2, 0.25) is 0 Å². The molecular weight excluding hydrogens is 333 g/mol. The molecule has 0 amide bonds. The number of ether oxygens (including phenoxy) is 1. The number of carbonyl (C=O) groups is 1. The molecule has 0 spiro atoms. The molecule has 1 unspecified atom stereocenters. The standard InChI is InChI=1S/C16H26NO6P/c1-17(2,3)11-13-23-24(19,20)22-12-7-10-16(18)21-14-15-8-5-4-6-9-15/h4-6,8-9H,7,10-14H2,1-3H3/p+1. The van der Waals surface area contributed by atoms with Crippen LogP contribution in [0.1, 0.15) is 18.4 Å². The van der Waals surface area contributed by atoms with Crippen molar-refractivity contribution in [1.82, 2.24) is 0 Å². The zero-order valence-corrected chi connectivity index (χ0v) is 15.4. The molecule has 0 aliphatic rings. The fraction of sp³-hybridized carbons (Fsp3) is 0.562. The lowest BCUT2D eigenvalue weighted by Crippen LogP contribution is -2.37. The Bertz CT molecular complexity index is 543. The van der Waals surface area contributed by atoms with Gasteiger partial charge in [0.05, 0.1) is 27.7 Å². The number of rotatable bonds is 11. The number of likely N-dealkylation sites (N-methyl/N-ethyl adjacent to an activating group) is 1. The quantitative estimate of drug-likeness (QED) is 0.282. The highest BCUT2D eigenvalue weighted by Crippen LogP contribution is 2.43. The van der Waals surface area contributed by atoms with Crippen LogP contribution in [0.15, 0.2) is 30.3 Å². The number of quaternary nitrogens is 1. The molecule has 0 fully saturated rings. The summed E-state index contributed by atoms with van der Waals surface area (Å²) in [6.07, 6.45) is 0.405. The summed E-state index contributed by atoms with van der Waals surface area (Å²) < 4.78 is 27.1. The largest absolute Gasteiger partial charge is 0.472 e. The van der Waals surface area contributed by atoms with Crippen LogP contribution in [0, 0.1) is 0 Å². The Labute approximate surface area is 143 Å². The molecule has 0 aliphatic heterocycles. The molecule has 1 aromatic carbocycles. The second kappa shape index (κ2) is 9.91. The van der Waals surface area contributed by atoms with Crippen LogP contribution in [-0.4, -0.2) is 56.2 Å². The van der Waals surface area contributed by atoms with Gasteiger partial charge in [0, 0.05) is 6.42 Å². The minimum absolute atomic E-state index is 0.0431. The van der Waals surface area contributed by atoms with E-state index in [0.717, 1.165) is 5.56 Å². The summed E-state index contributed by atoms with van der Waals surface area (Å²) in [6, 6.07) is 9.36. The normalized spacial score (nSPS) is 14.2. The molecule has 0 aromatic heterocycles. The van der Waals surface area contributed by atoms with Gasteiger partial charge in [-0.3, -0.25) is 13.8 Å². The van der Waals surface area contributed by atoms with Crippen LogP contribution in [0.25, 0.3) is 0 Å². The van der Waals surface area contributed by atoms with E-state index in [1.807, 2.05) is 51.5 Å². The van der Waals surface area contributed by atoms with Crippen molar-refractivity contribution >= 4 is 13.8 Å². The summed E-state index contributed by atoms with van der Waals surface area (Å²) >= 11 is 0. The van der Waals surface area contributed by atoms with Gasteiger partial charge < -0.3 is 14.1 Å².